The standard InChI is InChI=1S/C25H20Cl2N4O5S3/c26-18-10-17(11-19(27)13-18)16-6-7-20-21(12-16)37-25(29-20)23(38(32,33)14-15-4-2-1-3-5-15)24-31-30-22(36-24)8-9-39(28,34)35/h1-7,10-13,23H,8-9,14H2,(H2,28,34,35). The van der Waals surface area contributed by atoms with Crippen molar-refractivity contribution in [3.63, 3.8) is 0 Å². The first-order valence-electron chi connectivity index (χ1n) is 11.4. The Hall–Kier alpha value is -2.87. The van der Waals surface area contributed by atoms with Crippen LogP contribution in [0.5, 0.6) is 0 Å². The molecule has 2 heterocycles. The van der Waals surface area contributed by atoms with E-state index in [1.165, 1.54) is 11.3 Å². The molecule has 1 atom stereocenters. The number of nitrogens with zero attached hydrogens (tertiary/aromatic N) is 3. The summed E-state index contributed by atoms with van der Waals surface area (Å²) in [4.78, 5) is 4.61. The van der Waals surface area contributed by atoms with Crippen LogP contribution in [-0.2, 0) is 32.0 Å². The first-order chi connectivity index (χ1) is 18.5. The molecule has 0 fully saturated rings. The van der Waals surface area contributed by atoms with Crippen molar-refractivity contribution >= 4 is 64.6 Å². The summed E-state index contributed by atoms with van der Waals surface area (Å²) < 4.78 is 56.6. The van der Waals surface area contributed by atoms with Gasteiger partial charge in [-0.1, -0.05) is 59.6 Å². The van der Waals surface area contributed by atoms with Crippen LogP contribution in [0, 0.1) is 0 Å². The third-order valence-corrected chi connectivity index (χ3v) is 10.0. The molecule has 0 saturated heterocycles. The SMILES string of the molecule is NS(=O)(=O)CCc1nnc(C(c2nc3ccc(-c4cc(Cl)cc(Cl)c4)cc3s2)S(=O)(=O)Cc2ccccc2)o1. The fourth-order valence-electron chi connectivity index (χ4n) is 3.96. The molecule has 0 aliphatic heterocycles. The lowest BCUT2D eigenvalue weighted by Crippen LogP contribution is -2.18. The minimum absolute atomic E-state index is 0.0415. The Morgan fingerprint density at radius 1 is 0.897 bits per heavy atom. The van der Waals surface area contributed by atoms with Gasteiger partial charge in [0.15, 0.2) is 15.1 Å². The first-order valence-corrected chi connectivity index (χ1v) is 16.4. The molecule has 1 unspecified atom stereocenters. The van der Waals surface area contributed by atoms with E-state index >= 15 is 0 Å². The number of halogens is 2. The number of nitrogens with two attached hydrogens (primary N) is 1. The number of thiazole rings is 1. The van der Waals surface area contributed by atoms with Gasteiger partial charge in [0.2, 0.25) is 21.8 Å². The van der Waals surface area contributed by atoms with Gasteiger partial charge < -0.3 is 4.42 Å². The van der Waals surface area contributed by atoms with Crippen molar-refractivity contribution in [3.8, 4) is 11.1 Å². The number of hydrogen-bond acceptors (Lipinski definition) is 9. The lowest BCUT2D eigenvalue weighted by molar-refractivity contribution is 0.453. The van der Waals surface area contributed by atoms with Crippen molar-refractivity contribution in [1.82, 2.24) is 15.2 Å². The quantitative estimate of drug-likeness (QED) is 0.236. The molecule has 5 rings (SSSR count). The van der Waals surface area contributed by atoms with Crippen LogP contribution in [-0.4, -0.2) is 37.8 Å². The smallest absolute Gasteiger partial charge is 0.241 e. The van der Waals surface area contributed by atoms with Gasteiger partial charge >= 0.3 is 0 Å². The Labute approximate surface area is 238 Å². The minimum Gasteiger partial charge on any atom is -0.423 e. The van der Waals surface area contributed by atoms with Gasteiger partial charge in [-0.05, 0) is 47.0 Å². The molecule has 2 N–H and O–H groups in total. The van der Waals surface area contributed by atoms with Crippen LogP contribution in [0.2, 0.25) is 10.0 Å². The molecule has 9 nitrogen and oxygen atoms in total. The Bertz CT molecular complexity index is 1850. The van der Waals surface area contributed by atoms with Crippen LogP contribution in [0.25, 0.3) is 21.3 Å². The molecule has 0 radical (unpaired) electrons. The Morgan fingerprint density at radius 2 is 1.62 bits per heavy atom. The third-order valence-electron chi connectivity index (χ3n) is 5.70. The number of fused-ring (bicyclic) bond motifs is 1. The Morgan fingerprint density at radius 3 is 2.31 bits per heavy atom. The number of benzene rings is 3. The molecule has 202 valence electrons. The van der Waals surface area contributed by atoms with Crippen LogP contribution in [0.3, 0.4) is 0 Å². The zero-order valence-electron chi connectivity index (χ0n) is 20.0. The Kier molecular flexibility index (Phi) is 7.77. The van der Waals surface area contributed by atoms with Gasteiger partial charge in [-0.25, -0.2) is 27.0 Å². The lowest BCUT2D eigenvalue weighted by Gasteiger charge is -2.12. The minimum atomic E-state index is -3.96. The summed E-state index contributed by atoms with van der Waals surface area (Å²) in [5, 5.41) is 12.8. The summed E-state index contributed by atoms with van der Waals surface area (Å²) in [7, 11) is -7.74. The number of hydrogen-bond donors (Lipinski definition) is 1. The zero-order chi connectivity index (χ0) is 27.8. The van der Waals surface area contributed by atoms with Crippen molar-refractivity contribution in [3.05, 3.63) is 99.1 Å². The molecule has 5 aromatic rings. The number of sulfone groups is 1. The second kappa shape index (κ2) is 11.0. The highest BCUT2D eigenvalue weighted by molar-refractivity contribution is 7.91. The van der Waals surface area contributed by atoms with Gasteiger partial charge in [-0.15, -0.1) is 21.5 Å². The van der Waals surface area contributed by atoms with Gasteiger partial charge in [0, 0.05) is 16.5 Å². The van der Waals surface area contributed by atoms with E-state index in [1.54, 1.807) is 54.6 Å². The van der Waals surface area contributed by atoms with Crippen molar-refractivity contribution < 1.29 is 21.3 Å². The number of primary sulfonamides is 1. The van der Waals surface area contributed by atoms with Crippen LogP contribution in [0.15, 0.2) is 71.1 Å². The fraction of sp³-hybridized carbons (Fsp3) is 0.160. The summed E-state index contributed by atoms with van der Waals surface area (Å²) >= 11 is 13.5. The van der Waals surface area contributed by atoms with Crippen LogP contribution in [0.4, 0.5) is 0 Å². The van der Waals surface area contributed by atoms with E-state index in [-0.39, 0.29) is 29.0 Å². The maximum absolute atomic E-state index is 13.8. The molecule has 2 aromatic heterocycles. The van der Waals surface area contributed by atoms with Gasteiger partial charge in [-0.3, -0.25) is 0 Å². The van der Waals surface area contributed by atoms with Crippen LogP contribution in [0.1, 0.15) is 27.6 Å². The van der Waals surface area contributed by atoms with E-state index < -0.39 is 30.9 Å². The molecule has 39 heavy (non-hydrogen) atoms. The van der Waals surface area contributed by atoms with E-state index in [4.69, 9.17) is 32.8 Å². The van der Waals surface area contributed by atoms with Crippen LogP contribution >= 0.6 is 34.5 Å². The van der Waals surface area contributed by atoms with Crippen molar-refractivity contribution in [1.29, 1.82) is 0 Å². The topological polar surface area (TPSA) is 146 Å². The third kappa shape index (κ3) is 6.65. The largest absolute Gasteiger partial charge is 0.423 e. The van der Waals surface area contributed by atoms with Crippen molar-refractivity contribution in [2.75, 3.05) is 5.75 Å². The normalized spacial score (nSPS) is 13.1. The summed E-state index contributed by atoms with van der Waals surface area (Å²) in [5.41, 5.74) is 2.79. The monoisotopic (exact) mass is 622 g/mol. The van der Waals surface area contributed by atoms with Gasteiger partial charge in [0.25, 0.3) is 0 Å². The number of aryl methyl sites for hydroxylation is 1. The molecule has 0 aliphatic carbocycles. The maximum atomic E-state index is 13.8. The molecular weight excluding hydrogens is 603 g/mol. The van der Waals surface area contributed by atoms with Crippen molar-refractivity contribution in [2.24, 2.45) is 5.14 Å². The Balaban J connectivity index is 1.57. The summed E-state index contributed by atoms with van der Waals surface area (Å²) in [5.74, 6) is -0.959. The van der Waals surface area contributed by atoms with E-state index in [2.05, 4.69) is 15.2 Å². The lowest BCUT2D eigenvalue weighted by atomic mass is 10.1. The zero-order valence-corrected chi connectivity index (χ0v) is 24.0. The number of aromatic nitrogens is 3. The number of rotatable bonds is 9. The van der Waals surface area contributed by atoms with Crippen LogP contribution < -0.4 is 5.14 Å². The first kappa shape index (κ1) is 27.7. The predicted molar refractivity (Wildman–Crippen MR) is 152 cm³/mol. The molecule has 0 aliphatic rings. The molecule has 0 saturated carbocycles. The number of sulfonamides is 1. The molecule has 0 bridgehead atoms. The van der Waals surface area contributed by atoms with E-state index in [9.17, 15) is 16.8 Å². The summed E-state index contributed by atoms with van der Waals surface area (Å²) in [6.45, 7) is 0. The van der Waals surface area contributed by atoms with Crippen molar-refractivity contribution in [2.45, 2.75) is 17.4 Å². The van der Waals surface area contributed by atoms with Gasteiger partial charge in [0.05, 0.1) is 21.7 Å². The van der Waals surface area contributed by atoms with E-state index in [1.807, 2.05) is 12.1 Å². The fourth-order valence-corrected chi connectivity index (χ4v) is 8.10. The summed E-state index contributed by atoms with van der Waals surface area (Å²) in [6, 6.07) is 19.4. The van der Waals surface area contributed by atoms with E-state index in [0.717, 1.165) is 15.8 Å². The van der Waals surface area contributed by atoms with Gasteiger partial charge in [-0.2, -0.15) is 0 Å². The highest BCUT2D eigenvalue weighted by Gasteiger charge is 2.37. The highest BCUT2D eigenvalue weighted by Crippen LogP contribution is 2.38. The maximum Gasteiger partial charge on any atom is 0.241 e. The highest BCUT2D eigenvalue weighted by atomic mass is 35.5. The average molecular weight is 624 g/mol. The average Bonchev–Trinajstić information content (AvgIpc) is 3.48. The van der Waals surface area contributed by atoms with Gasteiger partial charge in [0.1, 0.15) is 5.01 Å². The molecule has 14 heteroatoms. The second-order valence-electron chi connectivity index (χ2n) is 8.72. The van der Waals surface area contributed by atoms with E-state index in [0.29, 0.717) is 21.1 Å². The second-order valence-corrected chi connectivity index (χ2v) is 14.5. The molecular formula is C25H20Cl2N4O5S3. The molecule has 3 aromatic carbocycles. The molecule has 0 amide bonds. The molecule has 0 spiro atoms. The predicted octanol–water partition coefficient (Wildman–Crippen LogP) is 5.19. The summed E-state index contributed by atoms with van der Waals surface area (Å²) in [6.07, 6.45) is -0.150.